The molecule has 0 saturated heterocycles. The molecule has 0 spiro atoms. The third-order valence-electron chi connectivity index (χ3n) is 2.50. The van der Waals surface area contributed by atoms with Gasteiger partial charge in [0.05, 0.1) is 18.8 Å². The standard InChI is InChI=1S/C9H16ClN3O/c1-9(2,5-14)7(11)8-12-4-6(10)13(8)3/h4,7,14H,5,11H2,1-3H3. The van der Waals surface area contributed by atoms with Crippen LogP contribution in [-0.2, 0) is 7.05 Å². The van der Waals surface area contributed by atoms with Crippen LogP contribution in [-0.4, -0.2) is 21.3 Å². The van der Waals surface area contributed by atoms with Crippen LogP contribution < -0.4 is 5.73 Å². The number of aromatic nitrogens is 2. The number of aliphatic hydroxyl groups excluding tert-OH is 1. The highest BCUT2D eigenvalue weighted by molar-refractivity contribution is 6.29. The van der Waals surface area contributed by atoms with Crippen LogP contribution in [0, 0.1) is 5.41 Å². The van der Waals surface area contributed by atoms with Crippen LogP contribution in [0.3, 0.4) is 0 Å². The zero-order chi connectivity index (χ0) is 10.9. The summed E-state index contributed by atoms with van der Waals surface area (Å²) >= 11 is 5.85. The van der Waals surface area contributed by atoms with Crippen molar-refractivity contribution in [2.24, 2.45) is 18.2 Å². The van der Waals surface area contributed by atoms with Crippen molar-refractivity contribution in [3.63, 3.8) is 0 Å². The molecule has 0 fully saturated rings. The number of hydrogen-bond donors (Lipinski definition) is 2. The first-order valence-corrected chi connectivity index (χ1v) is 4.81. The Bertz CT molecular complexity index is 322. The van der Waals surface area contributed by atoms with Gasteiger partial charge in [-0.05, 0) is 0 Å². The second kappa shape index (κ2) is 3.88. The Balaban J connectivity index is 3.00. The van der Waals surface area contributed by atoms with E-state index >= 15 is 0 Å². The molecule has 0 aromatic carbocycles. The van der Waals surface area contributed by atoms with Gasteiger partial charge in [-0.1, -0.05) is 25.4 Å². The summed E-state index contributed by atoms with van der Waals surface area (Å²) in [5, 5.41) is 9.72. The normalized spacial score (nSPS) is 14.4. The summed E-state index contributed by atoms with van der Waals surface area (Å²) in [5.41, 5.74) is 5.60. The number of aliphatic hydroxyl groups is 1. The average Bonchev–Trinajstić information content (AvgIpc) is 2.47. The molecule has 1 aromatic heterocycles. The van der Waals surface area contributed by atoms with Crippen molar-refractivity contribution in [3.05, 3.63) is 17.2 Å². The van der Waals surface area contributed by atoms with Crippen LogP contribution in [0.5, 0.6) is 0 Å². The van der Waals surface area contributed by atoms with Gasteiger partial charge < -0.3 is 15.4 Å². The van der Waals surface area contributed by atoms with Crippen molar-refractivity contribution < 1.29 is 5.11 Å². The van der Waals surface area contributed by atoms with Gasteiger partial charge >= 0.3 is 0 Å². The van der Waals surface area contributed by atoms with Crippen molar-refractivity contribution in [2.75, 3.05) is 6.61 Å². The highest BCUT2D eigenvalue weighted by Crippen LogP contribution is 2.30. The third-order valence-corrected chi connectivity index (χ3v) is 2.85. The minimum atomic E-state index is -0.400. The lowest BCUT2D eigenvalue weighted by atomic mass is 9.85. The number of nitrogens with zero attached hydrogens (tertiary/aromatic N) is 2. The summed E-state index contributed by atoms with van der Waals surface area (Å²) in [7, 11) is 1.80. The van der Waals surface area contributed by atoms with E-state index in [4.69, 9.17) is 17.3 Å². The maximum atomic E-state index is 9.17. The van der Waals surface area contributed by atoms with E-state index in [0.29, 0.717) is 11.0 Å². The molecule has 5 heteroatoms. The van der Waals surface area contributed by atoms with E-state index < -0.39 is 5.41 Å². The summed E-state index contributed by atoms with van der Waals surface area (Å²) in [4.78, 5) is 4.12. The number of nitrogens with two attached hydrogens (primary N) is 1. The Kier molecular flexibility index (Phi) is 3.19. The van der Waals surface area contributed by atoms with Crippen molar-refractivity contribution in [1.82, 2.24) is 9.55 Å². The molecular weight excluding hydrogens is 202 g/mol. The maximum absolute atomic E-state index is 9.17. The highest BCUT2D eigenvalue weighted by Gasteiger charge is 2.30. The first-order valence-electron chi connectivity index (χ1n) is 4.43. The van der Waals surface area contributed by atoms with Crippen LogP contribution in [0.25, 0.3) is 0 Å². The molecule has 0 aliphatic rings. The predicted octanol–water partition coefficient (Wildman–Crippen LogP) is 1.09. The van der Waals surface area contributed by atoms with Crippen LogP contribution in [0.2, 0.25) is 5.15 Å². The van der Waals surface area contributed by atoms with E-state index in [1.807, 2.05) is 13.8 Å². The molecule has 1 atom stereocenters. The fourth-order valence-corrected chi connectivity index (χ4v) is 1.27. The van der Waals surface area contributed by atoms with Crippen LogP contribution >= 0.6 is 11.6 Å². The Hall–Kier alpha value is -0.580. The molecular formula is C9H16ClN3O. The summed E-state index contributed by atoms with van der Waals surface area (Å²) in [6, 6.07) is -0.329. The lowest BCUT2D eigenvalue weighted by Gasteiger charge is -2.28. The monoisotopic (exact) mass is 217 g/mol. The first kappa shape index (κ1) is 11.5. The fourth-order valence-electron chi connectivity index (χ4n) is 1.14. The Morgan fingerprint density at radius 1 is 1.71 bits per heavy atom. The molecule has 4 nitrogen and oxygen atoms in total. The highest BCUT2D eigenvalue weighted by atomic mass is 35.5. The number of rotatable bonds is 3. The topological polar surface area (TPSA) is 64.1 Å². The first-order chi connectivity index (χ1) is 6.40. The van der Waals surface area contributed by atoms with E-state index in [-0.39, 0.29) is 12.6 Å². The smallest absolute Gasteiger partial charge is 0.128 e. The summed E-state index contributed by atoms with van der Waals surface area (Å²) < 4.78 is 1.73. The molecule has 0 amide bonds. The van der Waals surface area contributed by atoms with Crippen LogP contribution in [0.4, 0.5) is 0 Å². The van der Waals surface area contributed by atoms with E-state index in [0.717, 1.165) is 0 Å². The van der Waals surface area contributed by atoms with E-state index in [9.17, 15) is 5.11 Å². The molecule has 1 unspecified atom stereocenters. The van der Waals surface area contributed by atoms with E-state index in [1.165, 1.54) is 0 Å². The molecule has 0 saturated carbocycles. The predicted molar refractivity (Wildman–Crippen MR) is 56.0 cm³/mol. The minimum Gasteiger partial charge on any atom is -0.396 e. The largest absolute Gasteiger partial charge is 0.396 e. The molecule has 14 heavy (non-hydrogen) atoms. The molecule has 0 radical (unpaired) electrons. The number of imidazole rings is 1. The van der Waals surface area contributed by atoms with Crippen LogP contribution in [0.15, 0.2) is 6.20 Å². The van der Waals surface area contributed by atoms with Gasteiger partial charge in [-0.3, -0.25) is 0 Å². The molecule has 1 aromatic rings. The molecule has 0 bridgehead atoms. The summed E-state index contributed by atoms with van der Waals surface area (Å²) in [5.74, 6) is 0.689. The Labute approximate surface area is 88.7 Å². The number of halogens is 1. The zero-order valence-electron chi connectivity index (χ0n) is 8.66. The quantitative estimate of drug-likeness (QED) is 0.797. The average molecular weight is 218 g/mol. The van der Waals surface area contributed by atoms with E-state index in [1.54, 1.807) is 17.8 Å². The summed E-state index contributed by atoms with van der Waals surface area (Å²) in [6.45, 7) is 3.79. The molecule has 1 heterocycles. The van der Waals surface area contributed by atoms with Crippen molar-refractivity contribution >= 4 is 11.6 Å². The summed E-state index contributed by atoms with van der Waals surface area (Å²) in [6.07, 6.45) is 1.56. The zero-order valence-corrected chi connectivity index (χ0v) is 9.41. The molecule has 1 rings (SSSR count). The van der Waals surface area contributed by atoms with Crippen LogP contribution in [0.1, 0.15) is 25.7 Å². The minimum absolute atomic E-state index is 0.0125. The lowest BCUT2D eigenvalue weighted by Crippen LogP contribution is -2.34. The Morgan fingerprint density at radius 2 is 2.29 bits per heavy atom. The van der Waals surface area contributed by atoms with Crippen molar-refractivity contribution in [3.8, 4) is 0 Å². The Morgan fingerprint density at radius 3 is 2.64 bits per heavy atom. The lowest BCUT2D eigenvalue weighted by molar-refractivity contribution is 0.128. The molecule has 80 valence electrons. The third kappa shape index (κ3) is 1.92. The van der Waals surface area contributed by atoms with Gasteiger partial charge in [0, 0.05) is 12.5 Å². The van der Waals surface area contributed by atoms with E-state index in [2.05, 4.69) is 4.98 Å². The van der Waals surface area contributed by atoms with Gasteiger partial charge in [0.2, 0.25) is 0 Å². The van der Waals surface area contributed by atoms with Gasteiger partial charge in [-0.2, -0.15) is 0 Å². The maximum Gasteiger partial charge on any atom is 0.128 e. The van der Waals surface area contributed by atoms with Gasteiger partial charge in [0.15, 0.2) is 0 Å². The van der Waals surface area contributed by atoms with Crippen molar-refractivity contribution in [1.29, 1.82) is 0 Å². The molecule has 0 aliphatic carbocycles. The fraction of sp³-hybridized carbons (Fsp3) is 0.667. The van der Waals surface area contributed by atoms with Gasteiger partial charge in [0.25, 0.3) is 0 Å². The van der Waals surface area contributed by atoms with Gasteiger partial charge in [-0.25, -0.2) is 4.98 Å². The molecule has 0 aliphatic heterocycles. The second-order valence-electron chi connectivity index (χ2n) is 4.12. The van der Waals surface area contributed by atoms with Crippen molar-refractivity contribution in [2.45, 2.75) is 19.9 Å². The molecule has 3 N–H and O–H groups in total. The second-order valence-corrected chi connectivity index (χ2v) is 4.51. The van der Waals surface area contributed by atoms with Gasteiger partial charge in [0.1, 0.15) is 11.0 Å². The number of hydrogen-bond acceptors (Lipinski definition) is 3. The SMILES string of the molecule is Cn1c(Cl)cnc1C(N)C(C)(C)CO. The van der Waals surface area contributed by atoms with Gasteiger partial charge in [-0.15, -0.1) is 0 Å².